The molecule has 2 aromatic heterocycles. The zero-order valence-electron chi connectivity index (χ0n) is 12.8. The Labute approximate surface area is 136 Å². The first-order chi connectivity index (χ1) is 10.9. The van der Waals surface area contributed by atoms with E-state index < -0.39 is 0 Å². The minimum atomic E-state index is -0.382. The molecule has 0 aliphatic rings. The largest absolute Gasteiger partial charge is 0.332 e. The van der Waals surface area contributed by atoms with Gasteiger partial charge in [0.05, 0.1) is 5.70 Å². The maximum absolute atomic E-state index is 12.4. The molecule has 0 bridgehead atoms. The van der Waals surface area contributed by atoms with Gasteiger partial charge < -0.3 is 0 Å². The third-order valence-corrected chi connectivity index (χ3v) is 4.03. The Kier molecular flexibility index (Phi) is 3.69. The third kappa shape index (κ3) is 2.41. The fourth-order valence-electron chi connectivity index (χ4n) is 2.46. The van der Waals surface area contributed by atoms with E-state index in [1.807, 2.05) is 12.1 Å². The van der Waals surface area contributed by atoms with Gasteiger partial charge in [-0.25, -0.2) is 9.48 Å². The van der Waals surface area contributed by atoms with Gasteiger partial charge in [-0.05, 0) is 24.6 Å². The zero-order valence-corrected chi connectivity index (χ0v) is 13.5. The van der Waals surface area contributed by atoms with Crippen LogP contribution in [0.1, 0.15) is 12.5 Å². The van der Waals surface area contributed by atoms with Crippen molar-refractivity contribution in [2.24, 2.45) is 7.05 Å². The highest BCUT2D eigenvalue weighted by Crippen LogP contribution is 2.19. The van der Waals surface area contributed by atoms with E-state index in [2.05, 4.69) is 11.7 Å². The van der Waals surface area contributed by atoms with Crippen LogP contribution in [-0.4, -0.2) is 18.9 Å². The van der Waals surface area contributed by atoms with Gasteiger partial charge in [0.1, 0.15) is 5.39 Å². The van der Waals surface area contributed by atoms with E-state index >= 15 is 0 Å². The molecule has 0 unspecified atom stereocenters. The van der Waals surface area contributed by atoms with Crippen LogP contribution in [0.5, 0.6) is 0 Å². The molecular formula is C16H15ClN4O2. The molecule has 0 atom stereocenters. The molecular weight excluding hydrogens is 316 g/mol. The molecule has 1 aromatic carbocycles. The van der Waals surface area contributed by atoms with Crippen LogP contribution in [0.15, 0.2) is 46.6 Å². The van der Waals surface area contributed by atoms with Crippen LogP contribution in [0, 0.1) is 0 Å². The second-order valence-electron chi connectivity index (χ2n) is 5.16. The van der Waals surface area contributed by atoms with E-state index in [0.717, 1.165) is 5.56 Å². The van der Waals surface area contributed by atoms with Gasteiger partial charge in [0.2, 0.25) is 0 Å². The van der Waals surface area contributed by atoms with E-state index in [1.54, 1.807) is 32.3 Å². The summed E-state index contributed by atoms with van der Waals surface area (Å²) < 4.78 is 4.06. The first-order valence-corrected chi connectivity index (χ1v) is 7.46. The smallest absolute Gasteiger partial charge is 0.279 e. The summed E-state index contributed by atoms with van der Waals surface area (Å²) in [5.41, 5.74) is 1.02. The van der Waals surface area contributed by atoms with Crippen molar-refractivity contribution in [1.82, 2.24) is 18.9 Å². The van der Waals surface area contributed by atoms with E-state index in [0.29, 0.717) is 28.3 Å². The fourth-order valence-corrected chi connectivity index (χ4v) is 2.59. The summed E-state index contributed by atoms with van der Waals surface area (Å²) in [7, 11) is 1.60. The lowest BCUT2D eigenvalue weighted by Crippen LogP contribution is -2.38. The van der Waals surface area contributed by atoms with Crippen molar-refractivity contribution in [3.63, 3.8) is 0 Å². The maximum atomic E-state index is 12.4. The lowest BCUT2D eigenvalue weighted by atomic mass is 10.2. The number of nitrogens with zero attached hydrogens (tertiary/aromatic N) is 4. The van der Waals surface area contributed by atoms with Crippen molar-refractivity contribution < 1.29 is 0 Å². The lowest BCUT2D eigenvalue weighted by Gasteiger charge is -2.05. The SMILES string of the molecule is C=C(c1ccc(Cl)cc1)n1cc2c(=O)n(CC)c(=O)n(C)c2n1. The summed E-state index contributed by atoms with van der Waals surface area (Å²) in [6.07, 6.45) is 1.60. The van der Waals surface area contributed by atoms with Gasteiger partial charge >= 0.3 is 5.69 Å². The number of halogens is 1. The molecule has 23 heavy (non-hydrogen) atoms. The summed E-state index contributed by atoms with van der Waals surface area (Å²) in [6, 6.07) is 7.15. The number of hydrogen-bond acceptors (Lipinski definition) is 3. The predicted molar refractivity (Wildman–Crippen MR) is 90.8 cm³/mol. The Morgan fingerprint density at radius 2 is 1.91 bits per heavy atom. The standard InChI is InChI=1S/C16H15ClN4O2/c1-4-20-15(22)13-9-21(18-14(13)19(3)16(20)23)10(2)11-5-7-12(17)8-6-11/h5-9H,2,4H2,1,3H3. The molecule has 0 radical (unpaired) electrons. The van der Waals surface area contributed by atoms with Crippen LogP contribution in [0.4, 0.5) is 0 Å². The van der Waals surface area contributed by atoms with Gasteiger partial charge in [-0.2, -0.15) is 0 Å². The topological polar surface area (TPSA) is 61.8 Å². The highest BCUT2D eigenvalue weighted by atomic mass is 35.5. The second kappa shape index (κ2) is 5.55. The summed E-state index contributed by atoms with van der Waals surface area (Å²) in [4.78, 5) is 24.6. The molecule has 3 aromatic rings. The minimum absolute atomic E-state index is 0.310. The van der Waals surface area contributed by atoms with Crippen molar-refractivity contribution in [2.75, 3.05) is 0 Å². The number of hydrogen-bond donors (Lipinski definition) is 0. The van der Waals surface area contributed by atoms with Gasteiger partial charge in [-0.1, -0.05) is 30.3 Å². The van der Waals surface area contributed by atoms with Crippen LogP contribution >= 0.6 is 11.6 Å². The summed E-state index contributed by atoms with van der Waals surface area (Å²) >= 11 is 5.88. The van der Waals surface area contributed by atoms with Crippen LogP contribution in [-0.2, 0) is 13.6 Å². The Balaban J connectivity index is 2.21. The Morgan fingerprint density at radius 3 is 2.52 bits per heavy atom. The molecule has 118 valence electrons. The Hall–Kier alpha value is -2.60. The average Bonchev–Trinajstić information content (AvgIpc) is 2.99. The van der Waals surface area contributed by atoms with Gasteiger partial charge in [-0.15, -0.1) is 5.10 Å². The molecule has 0 saturated carbocycles. The minimum Gasteiger partial charge on any atom is -0.279 e. The molecule has 0 fully saturated rings. The van der Waals surface area contributed by atoms with E-state index in [-0.39, 0.29) is 11.2 Å². The Morgan fingerprint density at radius 1 is 1.26 bits per heavy atom. The lowest BCUT2D eigenvalue weighted by molar-refractivity contribution is 0.637. The molecule has 0 saturated heterocycles. The molecule has 0 aliphatic carbocycles. The highest BCUT2D eigenvalue weighted by molar-refractivity contribution is 6.30. The van der Waals surface area contributed by atoms with Crippen molar-refractivity contribution >= 4 is 28.3 Å². The molecule has 0 N–H and O–H groups in total. The molecule has 3 rings (SSSR count). The van der Waals surface area contributed by atoms with Crippen LogP contribution in [0.25, 0.3) is 16.7 Å². The average molecular weight is 331 g/mol. The molecule has 0 spiro atoms. The summed E-state index contributed by atoms with van der Waals surface area (Å²) in [5.74, 6) is 0. The number of fused-ring (bicyclic) bond motifs is 1. The zero-order chi connectivity index (χ0) is 16.7. The number of benzene rings is 1. The van der Waals surface area contributed by atoms with Crippen LogP contribution < -0.4 is 11.2 Å². The normalized spacial score (nSPS) is 11.1. The molecule has 0 amide bonds. The van der Waals surface area contributed by atoms with Crippen LogP contribution in [0.3, 0.4) is 0 Å². The van der Waals surface area contributed by atoms with Crippen molar-refractivity contribution in [3.05, 3.63) is 68.5 Å². The third-order valence-electron chi connectivity index (χ3n) is 3.78. The van der Waals surface area contributed by atoms with E-state index in [9.17, 15) is 9.59 Å². The van der Waals surface area contributed by atoms with Gasteiger partial charge in [-0.3, -0.25) is 13.9 Å². The first kappa shape index (κ1) is 15.3. The summed E-state index contributed by atoms with van der Waals surface area (Å²) in [5, 5.41) is 5.35. The molecule has 7 heteroatoms. The van der Waals surface area contributed by atoms with Crippen molar-refractivity contribution in [1.29, 1.82) is 0 Å². The van der Waals surface area contributed by atoms with Crippen molar-refractivity contribution in [3.8, 4) is 0 Å². The highest BCUT2D eigenvalue weighted by Gasteiger charge is 2.15. The van der Waals surface area contributed by atoms with Crippen molar-refractivity contribution in [2.45, 2.75) is 13.5 Å². The number of aryl methyl sites for hydroxylation is 1. The first-order valence-electron chi connectivity index (χ1n) is 7.08. The van der Waals surface area contributed by atoms with Gasteiger partial charge in [0.25, 0.3) is 5.56 Å². The maximum Gasteiger partial charge on any atom is 0.332 e. The predicted octanol–water partition coefficient (Wildman–Crippen LogP) is 2.09. The van der Waals surface area contributed by atoms with Gasteiger partial charge in [0, 0.05) is 24.8 Å². The van der Waals surface area contributed by atoms with E-state index in [1.165, 1.54) is 13.8 Å². The number of rotatable bonds is 3. The molecule has 0 aliphatic heterocycles. The molecule has 6 nitrogen and oxygen atoms in total. The van der Waals surface area contributed by atoms with Gasteiger partial charge in [0.15, 0.2) is 5.65 Å². The fraction of sp³-hybridized carbons (Fsp3) is 0.188. The Bertz CT molecular complexity index is 1030. The monoisotopic (exact) mass is 330 g/mol. The quantitative estimate of drug-likeness (QED) is 0.738. The van der Waals surface area contributed by atoms with Crippen LogP contribution in [0.2, 0.25) is 5.02 Å². The summed E-state index contributed by atoms with van der Waals surface area (Å²) in [6.45, 7) is 6.07. The molecule has 2 heterocycles. The second-order valence-corrected chi connectivity index (χ2v) is 5.59. The number of aromatic nitrogens is 4. The van der Waals surface area contributed by atoms with E-state index in [4.69, 9.17) is 11.6 Å².